The fourth-order valence-electron chi connectivity index (χ4n) is 2.42. The number of nitrogens with zero attached hydrogens (tertiary/aromatic N) is 4. The van der Waals surface area contributed by atoms with E-state index in [9.17, 15) is 26.4 Å². The normalized spacial score (nSPS) is 21.7. The summed E-state index contributed by atoms with van der Waals surface area (Å²) in [6.45, 7) is 1.54. The second-order valence-corrected chi connectivity index (χ2v) is 9.17. The Bertz CT molecular complexity index is 732. The lowest BCUT2D eigenvalue weighted by atomic mass is 10.2. The van der Waals surface area contributed by atoms with Gasteiger partial charge >= 0.3 is 6.18 Å². The van der Waals surface area contributed by atoms with Crippen LogP contribution in [0.3, 0.4) is 0 Å². The van der Waals surface area contributed by atoms with E-state index in [0.717, 1.165) is 16.3 Å². The zero-order valence-electron chi connectivity index (χ0n) is 13.2. The number of rotatable bonds is 4. The third kappa shape index (κ3) is 4.02. The molecule has 1 aromatic rings. The number of halogens is 3. The van der Waals surface area contributed by atoms with E-state index in [4.69, 9.17) is 0 Å². The predicted molar refractivity (Wildman–Crippen MR) is 81.2 cm³/mol. The monoisotopic (exact) mass is 386 g/mol. The number of amides is 1. The second-order valence-electron chi connectivity index (χ2n) is 5.63. The van der Waals surface area contributed by atoms with Crippen molar-refractivity contribution in [3.05, 3.63) is 5.82 Å². The molecule has 1 aromatic heterocycles. The lowest BCUT2D eigenvalue weighted by Gasteiger charge is -2.26. The summed E-state index contributed by atoms with van der Waals surface area (Å²) in [4.78, 5) is 13.7. The third-order valence-corrected chi connectivity index (χ3v) is 6.69. The van der Waals surface area contributed by atoms with Gasteiger partial charge < -0.3 is 9.47 Å². The highest BCUT2D eigenvalue weighted by atomic mass is 32.2. The van der Waals surface area contributed by atoms with E-state index < -0.39 is 33.1 Å². The van der Waals surface area contributed by atoms with Gasteiger partial charge in [-0.1, -0.05) is 11.8 Å². The van der Waals surface area contributed by atoms with Gasteiger partial charge in [-0.25, -0.2) is 8.42 Å². The number of carbonyl (C=O) groups is 1. The Kier molecular flexibility index (Phi) is 5.19. The molecule has 0 aromatic carbocycles. The highest BCUT2D eigenvalue weighted by Gasteiger charge is 2.38. The molecule has 0 aliphatic carbocycles. The summed E-state index contributed by atoms with van der Waals surface area (Å²) < 4.78 is 61.9. The number of thioether (sulfide) groups is 1. The van der Waals surface area contributed by atoms with Gasteiger partial charge in [0.1, 0.15) is 0 Å². The maximum Gasteiger partial charge on any atom is 0.451 e. The Morgan fingerprint density at radius 3 is 2.50 bits per heavy atom. The van der Waals surface area contributed by atoms with Crippen molar-refractivity contribution < 1.29 is 26.4 Å². The third-order valence-electron chi connectivity index (χ3n) is 3.82. The Labute approximate surface area is 141 Å². The fraction of sp³-hybridized carbons (Fsp3) is 0.750. The smallest absolute Gasteiger partial charge is 0.341 e. The summed E-state index contributed by atoms with van der Waals surface area (Å²) in [6.07, 6.45) is -4.26. The molecule has 1 aliphatic rings. The van der Waals surface area contributed by atoms with E-state index in [1.54, 1.807) is 0 Å². The van der Waals surface area contributed by atoms with Gasteiger partial charge in [0.05, 0.1) is 16.8 Å². The van der Waals surface area contributed by atoms with Crippen molar-refractivity contribution in [2.75, 3.05) is 18.6 Å². The first-order valence-corrected chi connectivity index (χ1v) is 9.73. The minimum absolute atomic E-state index is 0.0318. The molecule has 0 spiro atoms. The molecule has 0 N–H and O–H groups in total. The molecule has 1 amide bonds. The maximum atomic E-state index is 12.7. The highest BCUT2D eigenvalue weighted by Crippen LogP contribution is 2.31. The summed E-state index contributed by atoms with van der Waals surface area (Å²) in [5, 5.41) is 5.83. The van der Waals surface area contributed by atoms with Crippen molar-refractivity contribution >= 4 is 27.5 Å². The molecule has 1 aliphatic heterocycles. The maximum absolute atomic E-state index is 12.7. The van der Waals surface area contributed by atoms with Gasteiger partial charge in [-0.2, -0.15) is 13.2 Å². The van der Waals surface area contributed by atoms with Gasteiger partial charge in [0.2, 0.25) is 11.7 Å². The van der Waals surface area contributed by atoms with Gasteiger partial charge in [0.15, 0.2) is 15.0 Å². The fourth-order valence-corrected chi connectivity index (χ4v) is 5.11. The van der Waals surface area contributed by atoms with E-state index in [-0.39, 0.29) is 22.6 Å². The molecule has 1 fully saturated rings. The summed E-state index contributed by atoms with van der Waals surface area (Å²) in [6, 6.07) is -0.407. The van der Waals surface area contributed by atoms with Crippen molar-refractivity contribution in [2.24, 2.45) is 7.05 Å². The van der Waals surface area contributed by atoms with Crippen LogP contribution in [0.15, 0.2) is 5.16 Å². The molecule has 7 nitrogen and oxygen atoms in total. The number of sulfone groups is 1. The van der Waals surface area contributed by atoms with Crippen LogP contribution in [0.25, 0.3) is 0 Å². The van der Waals surface area contributed by atoms with Crippen LogP contribution >= 0.6 is 11.8 Å². The molecule has 2 rings (SSSR count). The minimum Gasteiger partial charge on any atom is -0.341 e. The van der Waals surface area contributed by atoms with Crippen LogP contribution in [0.4, 0.5) is 13.2 Å². The molecule has 2 heterocycles. The Morgan fingerprint density at radius 2 is 2.04 bits per heavy atom. The largest absolute Gasteiger partial charge is 0.451 e. The molecular formula is C12H17F3N4O3S2. The number of hydrogen-bond donors (Lipinski definition) is 0. The molecule has 0 bridgehead atoms. The first-order chi connectivity index (χ1) is 10.9. The van der Waals surface area contributed by atoms with E-state index in [0.29, 0.717) is 6.42 Å². The molecule has 136 valence electrons. The molecule has 0 radical (unpaired) electrons. The number of alkyl halides is 3. The van der Waals surface area contributed by atoms with Crippen molar-refractivity contribution in [2.45, 2.75) is 36.0 Å². The van der Waals surface area contributed by atoms with E-state index in [1.807, 2.05) is 0 Å². The first kappa shape index (κ1) is 19.0. The van der Waals surface area contributed by atoms with E-state index in [1.165, 1.54) is 25.9 Å². The molecular weight excluding hydrogens is 369 g/mol. The van der Waals surface area contributed by atoms with Crippen LogP contribution in [-0.4, -0.2) is 63.8 Å². The van der Waals surface area contributed by atoms with Crippen LogP contribution in [0, 0.1) is 0 Å². The summed E-state index contributed by atoms with van der Waals surface area (Å²) in [5.41, 5.74) is 0. The number of aromatic nitrogens is 3. The molecule has 2 atom stereocenters. The average Bonchev–Trinajstić information content (AvgIpc) is 3.00. The van der Waals surface area contributed by atoms with Crippen LogP contribution in [-0.2, 0) is 27.9 Å². The highest BCUT2D eigenvalue weighted by molar-refractivity contribution is 8.00. The van der Waals surface area contributed by atoms with Crippen molar-refractivity contribution in [1.29, 1.82) is 0 Å². The molecule has 24 heavy (non-hydrogen) atoms. The number of hydrogen-bond acceptors (Lipinski definition) is 6. The van der Waals surface area contributed by atoms with Gasteiger partial charge in [0, 0.05) is 20.1 Å². The summed E-state index contributed by atoms with van der Waals surface area (Å²) in [7, 11) is -0.452. The second kappa shape index (κ2) is 6.54. The molecule has 0 unspecified atom stereocenters. The Morgan fingerprint density at radius 1 is 1.42 bits per heavy atom. The minimum atomic E-state index is -4.62. The standard InChI is InChI=1S/C12H17F3N4O3S2/c1-7(9(20)18(2)8-4-5-24(21,22)6-8)23-11-17-16-10(19(11)3)12(13,14)15/h7-8H,4-6H2,1-3H3/t7-,8-/m0/s1. The van der Waals surface area contributed by atoms with E-state index in [2.05, 4.69) is 10.2 Å². The van der Waals surface area contributed by atoms with Gasteiger partial charge in [-0.3, -0.25) is 4.79 Å². The topological polar surface area (TPSA) is 85.2 Å². The van der Waals surface area contributed by atoms with Crippen LogP contribution in [0.5, 0.6) is 0 Å². The van der Waals surface area contributed by atoms with Gasteiger partial charge in [0.25, 0.3) is 0 Å². The van der Waals surface area contributed by atoms with Crippen LogP contribution in [0.2, 0.25) is 0 Å². The van der Waals surface area contributed by atoms with Crippen LogP contribution < -0.4 is 0 Å². The first-order valence-electron chi connectivity index (χ1n) is 7.02. The summed E-state index contributed by atoms with van der Waals surface area (Å²) >= 11 is 0.851. The average molecular weight is 386 g/mol. The Hall–Kier alpha value is -1.30. The SMILES string of the molecule is C[C@H](Sc1nnc(C(F)(F)F)n1C)C(=O)N(C)[C@H]1CCS(=O)(=O)C1. The zero-order valence-corrected chi connectivity index (χ0v) is 14.9. The zero-order chi connectivity index (χ0) is 18.3. The van der Waals surface area contributed by atoms with Crippen molar-refractivity contribution in [1.82, 2.24) is 19.7 Å². The van der Waals surface area contributed by atoms with Crippen LogP contribution in [0.1, 0.15) is 19.2 Å². The molecule has 12 heteroatoms. The quantitative estimate of drug-likeness (QED) is 0.717. The predicted octanol–water partition coefficient (Wildman–Crippen LogP) is 0.960. The lowest BCUT2D eigenvalue weighted by molar-refractivity contribution is -0.147. The molecule has 0 saturated carbocycles. The molecule has 1 saturated heterocycles. The van der Waals surface area contributed by atoms with Crippen molar-refractivity contribution in [3.8, 4) is 0 Å². The Balaban J connectivity index is 2.06. The summed E-state index contributed by atoms with van der Waals surface area (Å²) in [5.74, 6) is -1.55. The van der Waals surface area contributed by atoms with Gasteiger partial charge in [-0.05, 0) is 13.3 Å². The van der Waals surface area contributed by atoms with Crippen molar-refractivity contribution in [3.63, 3.8) is 0 Å². The lowest BCUT2D eigenvalue weighted by Crippen LogP contribution is -2.41. The number of carbonyl (C=O) groups excluding carboxylic acids is 1. The van der Waals surface area contributed by atoms with Gasteiger partial charge in [-0.15, -0.1) is 10.2 Å². The van der Waals surface area contributed by atoms with E-state index >= 15 is 0 Å².